The number of benzene rings is 1. The number of alkyl halides is 3. The molecule has 0 aliphatic rings. The summed E-state index contributed by atoms with van der Waals surface area (Å²) in [5.74, 6) is 0.203. The maximum atomic E-state index is 12.4. The molecule has 1 heterocycles. The van der Waals surface area contributed by atoms with Gasteiger partial charge in [-0.3, -0.25) is 9.78 Å². The molecule has 2 rings (SSSR count). The second kappa shape index (κ2) is 5.36. The number of hydrogen-bond acceptors (Lipinski definition) is 3. The van der Waals surface area contributed by atoms with E-state index >= 15 is 0 Å². The quantitative estimate of drug-likeness (QED) is 0.910. The Balaban J connectivity index is 2.22. The van der Waals surface area contributed by atoms with Gasteiger partial charge in [-0.1, -0.05) is 6.92 Å². The molecule has 4 nitrogen and oxygen atoms in total. The summed E-state index contributed by atoms with van der Waals surface area (Å²) in [6.07, 6.45) is -3.78. The first-order valence-corrected chi connectivity index (χ1v) is 5.93. The smallest absolute Gasteiger partial charge is 0.326 e. The monoisotopic (exact) mass is 283 g/mol. The van der Waals surface area contributed by atoms with Crippen molar-refractivity contribution in [1.29, 1.82) is 0 Å². The summed E-state index contributed by atoms with van der Waals surface area (Å²) >= 11 is 0. The van der Waals surface area contributed by atoms with Crippen molar-refractivity contribution < 1.29 is 13.2 Å². The zero-order chi connectivity index (χ0) is 14.8. The first kappa shape index (κ1) is 14.1. The van der Waals surface area contributed by atoms with Gasteiger partial charge in [-0.25, -0.2) is 4.98 Å². The van der Waals surface area contributed by atoms with Crippen LogP contribution in [0.25, 0.3) is 0 Å². The van der Waals surface area contributed by atoms with Gasteiger partial charge in [0.25, 0.3) is 5.56 Å². The lowest BCUT2D eigenvalue weighted by atomic mass is 10.2. The molecule has 1 aromatic heterocycles. The Hall–Kier alpha value is -2.31. The summed E-state index contributed by atoms with van der Waals surface area (Å²) in [7, 11) is 0. The fourth-order valence-electron chi connectivity index (χ4n) is 1.63. The summed E-state index contributed by atoms with van der Waals surface area (Å²) in [6.45, 7) is 1.85. The van der Waals surface area contributed by atoms with Crippen LogP contribution >= 0.6 is 0 Å². The van der Waals surface area contributed by atoms with Crippen LogP contribution in [0.1, 0.15) is 18.2 Å². The van der Waals surface area contributed by atoms with Crippen molar-refractivity contribution in [1.82, 2.24) is 9.97 Å². The molecular weight excluding hydrogens is 271 g/mol. The number of aromatic nitrogens is 2. The molecule has 0 aliphatic carbocycles. The number of anilines is 2. The highest BCUT2D eigenvalue weighted by Gasteiger charge is 2.29. The van der Waals surface area contributed by atoms with Crippen LogP contribution in [-0.2, 0) is 12.6 Å². The number of rotatable bonds is 3. The predicted molar refractivity (Wildman–Crippen MR) is 69.0 cm³/mol. The summed E-state index contributed by atoms with van der Waals surface area (Å²) in [4.78, 5) is 18.0. The highest BCUT2D eigenvalue weighted by atomic mass is 19.4. The van der Waals surface area contributed by atoms with Crippen molar-refractivity contribution in [3.8, 4) is 0 Å². The number of aryl methyl sites for hydroxylation is 1. The molecule has 2 aromatic rings. The van der Waals surface area contributed by atoms with Crippen molar-refractivity contribution in [2.45, 2.75) is 19.5 Å². The van der Waals surface area contributed by atoms with E-state index in [1.54, 1.807) is 0 Å². The van der Waals surface area contributed by atoms with Gasteiger partial charge in [0, 0.05) is 17.4 Å². The summed E-state index contributed by atoms with van der Waals surface area (Å²) in [5, 5.41) is 2.76. The second-order valence-electron chi connectivity index (χ2n) is 4.14. The SMILES string of the molecule is CCc1cc(=O)[nH]c(Nc2ccc(C(F)(F)F)cc2)n1. The fourth-order valence-corrected chi connectivity index (χ4v) is 1.63. The van der Waals surface area contributed by atoms with E-state index in [2.05, 4.69) is 15.3 Å². The van der Waals surface area contributed by atoms with Crippen molar-refractivity contribution in [3.63, 3.8) is 0 Å². The first-order valence-electron chi connectivity index (χ1n) is 5.93. The Morgan fingerprint density at radius 3 is 2.45 bits per heavy atom. The van der Waals surface area contributed by atoms with Crippen LogP contribution in [0.15, 0.2) is 35.1 Å². The summed E-state index contributed by atoms with van der Waals surface area (Å²) in [5.41, 5.74) is -0.0318. The molecule has 7 heteroatoms. The second-order valence-corrected chi connectivity index (χ2v) is 4.14. The number of aromatic amines is 1. The molecule has 2 N–H and O–H groups in total. The summed E-state index contributed by atoms with van der Waals surface area (Å²) in [6, 6.07) is 5.86. The number of hydrogen-bond donors (Lipinski definition) is 2. The zero-order valence-electron chi connectivity index (χ0n) is 10.6. The van der Waals surface area contributed by atoms with Gasteiger partial charge in [0.1, 0.15) is 0 Å². The molecule has 0 atom stereocenters. The third-order valence-corrected chi connectivity index (χ3v) is 2.63. The molecule has 0 amide bonds. The highest BCUT2D eigenvalue weighted by Crippen LogP contribution is 2.30. The molecule has 20 heavy (non-hydrogen) atoms. The topological polar surface area (TPSA) is 57.8 Å². The molecule has 0 aliphatic heterocycles. The van der Waals surface area contributed by atoms with Crippen LogP contribution in [0.5, 0.6) is 0 Å². The molecule has 0 radical (unpaired) electrons. The van der Waals surface area contributed by atoms with E-state index in [1.165, 1.54) is 18.2 Å². The van der Waals surface area contributed by atoms with E-state index in [9.17, 15) is 18.0 Å². The Kier molecular flexibility index (Phi) is 3.78. The minimum atomic E-state index is -4.37. The average Bonchev–Trinajstić information content (AvgIpc) is 2.37. The lowest BCUT2D eigenvalue weighted by Gasteiger charge is -2.09. The number of nitrogens with one attached hydrogen (secondary N) is 2. The largest absolute Gasteiger partial charge is 0.416 e. The normalized spacial score (nSPS) is 11.4. The minimum Gasteiger partial charge on any atom is -0.326 e. The summed E-state index contributed by atoms with van der Waals surface area (Å²) < 4.78 is 37.3. The molecule has 0 spiro atoms. The lowest BCUT2D eigenvalue weighted by Crippen LogP contribution is -2.11. The Bertz CT molecular complexity index is 647. The number of H-pyrrole nitrogens is 1. The molecule has 0 bridgehead atoms. The van der Waals surface area contributed by atoms with Crippen LogP contribution in [0.2, 0.25) is 0 Å². The highest BCUT2D eigenvalue weighted by molar-refractivity contribution is 5.53. The molecule has 0 fully saturated rings. The van der Waals surface area contributed by atoms with Crippen LogP contribution in [0.4, 0.5) is 24.8 Å². The Morgan fingerprint density at radius 2 is 1.90 bits per heavy atom. The Morgan fingerprint density at radius 1 is 1.25 bits per heavy atom. The number of nitrogens with zero attached hydrogens (tertiary/aromatic N) is 1. The maximum absolute atomic E-state index is 12.4. The van der Waals surface area contributed by atoms with Crippen LogP contribution in [0, 0.1) is 0 Å². The minimum absolute atomic E-state index is 0.203. The lowest BCUT2D eigenvalue weighted by molar-refractivity contribution is -0.137. The van der Waals surface area contributed by atoms with E-state index in [-0.39, 0.29) is 11.5 Å². The molecule has 106 valence electrons. The fraction of sp³-hybridized carbons (Fsp3) is 0.231. The molecular formula is C13H12F3N3O. The van der Waals surface area contributed by atoms with E-state index in [1.807, 2.05) is 6.92 Å². The van der Waals surface area contributed by atoms with Gasteiger partial charge in [0.05, 0.1) is 5.56 Å². The molecule has 1 aromatic carbocycles. The molecule has 0 saturated heterocycles. The van der Waals surface area contributed by atoms with Crippen molar-refractivity contribution in [2.24, 2.45) is 0 Å². The standard InChI is InChI=1S/C13H12F3N3O/c1-2-9-7-11(20)19-12(17-9)18-10-5-3-8(4-6-10)13(14,15)16/h3-7H,2H2,1H3,(H2,17,18,19,20). The van der Waals surface area contributed by atoms with Crippen LogP contribution in [0.3, 0.4) is 0 Å². The van der Waals surface area contributed by atoms with Gasteiger partial charge < -0.3 is 5.32 Å². The molecule has 0 saturated carbocycles. The Labute approximate surface area is 112 Å². The van der Waals surface area contributed by atoms with E-state index in [0.717, 1.165) is 12.1 Å². The number of halogens is 3. The van der Waals surface area contributed by atoms with Gasteiger partial charge in [0.15, 0.2) is 0 Å². The average molecular weight is 283 g/mol. The zero-order valence-corrected chi connectivity index (χ0v) is 10.6. The molecule has 0 unspecified atom stereocenters. The van der Waals surface area contributed by atoms with Crippen molar-refractivity contribution in [3.05, 3.63) is 51.9 Å². The van der Waals surface area contributed by atoms with Gasteiger partial charge in [-0.2, -0.15) is 13.2 Å². The van der Waals surface area contributed by atoms with E-state index < -0.39 is 11.7 Å². The van der Waals surface area contributed by atoms with Crippen molar-refractivity contribution >= 4 is 11.6 Å². The van der Waals surface area contributed by atoms with Gasteiger partial charge in [-0.05, 0) is 30.7 Å². The third-order valence-electron chi connectivity index (χ3n) is 2.63. The van der Waals surface area contributed by atoms with E-state index in [0.29, 0.717) is 17.8 Å². The van der Waals surface area contributed by atoms with Gasteiger partial charge >= 0.3 is 6.18 Å². The maximum Gasteiger partial charge on any atom is 0.416 e. The van der Waals surface area contributed by atoms with Gasteiger partial charge in [0.2, 0.25) is 5.95 Å². The third kappa shape index (κ3) is 3.37. The predicted octanol–water partition coefficient (Wildman–Crippen LogP) is 3.09. The van der Waals surface area contributed by atoms with Gasteiger partial charge in [-0.15, -0.1) is 0 Å². The van der Waals surface area contributed by atoms with Crippen molar-refractivity contribution in [2.75, 3.05) is 5.32 Å². The van der Waals surface area contributed by atoms with E-state index in [4.69, 9.17) is 0 Å². The van der Waals surface area contributed by atoms with Crippen LogP contribution < -0.4 is 10.9 Å². The van der Waals surface area contributed by atoms with Crippen LogP contribution in [-0.4, -0.2) is 9.97 Å². The first-order chi connectivity index (χ1) is 9.38.